The van der Waals surface area contributed by atoms with E-state index in [4.69, 9.17) is 10.00 Å². The number of aromatic nitrogens is 2. The molecule has 2 aromatic rings. The maximum atomic E-state index is 11.8. The topological polar surface area (TPSA) is 90.8 Å². The van der Waals surface area contributed by atoms with E-state index in [-0.39, 0.29) is 5.91 Å². The van der Waals surface area contributed by atoms with Crippen molar-refractivity contribution in [3.63, 3.8) is 0 Å². The third-order valence-electron chi connectivity index (χ3n) is 2.65. The van der Waals surface area contributed by atoms with Gasteiger partial charge in [-0.25, -0.2) is 4.98 Å². The summed E-state index contributed by atoms with van der Waals surface area (Å²) in [6.07, 6.45) is 2.69. The van der Waals surface area contributed by atoms with Crippen molar-refractivity contribution >= 4 is 5.91 Å². The highest BCUT2D eigenvalue weighted by Crippen LogP contribution is 2.13. The Hall–Kier alpha value is -2.81. The van der Waals surface area contributed by atoms with Crippen molar-refractivity contribution in [1.29, 1.82) is 5.26 Å². The van der Waals surface area contributed by atoms with Crippen LogP contribution in [0.1, 0.15) is 18.3 Å². The largest absolute Gasteiger partial charge is 0.481 e. The van der Waals surface area contributed by atoms with E-state index < -0.39 is 6.10 Å². The monoisotopic (exact) mass is 270 g/mol. The van der Waals surface area contributed by atoms with Crippen molar-refractivity contribution in [3.8, 4) is 11.8 Å². The Morgan fingerprint density at radius 2 is 2.25 bits per heavy atom. The summed E-state index contributed by atoms with van der Waals surface area (Å²) < 4.78 is 5.49. The standard InChI is InChI=1S/C14H14N4O2/c1-10(14(19)18-9-13-16-6-7-17-13)20-12-4-2-11(8-15)3-5-12/h2-7,10H,9H2,1H3,(H,16,17)(H,18,19). The van der Waals surface area contributed by atoms with E-state index in [1.807, 2.05) is 6.07 Å². The minimum absolute atomic E-state index is 0.231. The molecule has 1 aromatic heterocycles. The van der Waals surface area contributed by atoms with Crippen LogP contribution in [0.5, 0.6) is 5.75 Å². The van der Waals surface area contributed by atoms with Gasteiger partial charge in [-0.3, -0.25) is 4.79 Å². The van der Waals surface area contributed by atoms with Gasteiger partial charge >= 0.3 is 0 Å². The van der Waals surface area contributed by atoms with Crippen LogP contribution in [0, 0.1) is 11.3 Å². The predicted octanol–water partition coefficient (Wildman–Crippen LogP) is 1.37. The van der Waals surface area contributed by atoms with Gasteiger partial charge in [0.05, 0.1) is 18.2 Å². The smallest absolute Gasteiger partial charge is 0.261 e. The van der Waals surface area contributed by atoms with Crippen molar-refractivity contribution in [3.05, 3.63) is 48.0 Å². The molecule has 1 heterocycles. The van der Waals surface area contributed by atoms with Gasteiger partial charge in [0.25, 0.3) is 5.91 Å². The number of carbonyl (C=O) groups is 1. The molecule has 0 fully saturated rings. The number of ether oxygens (including phenoxy) is 1. The van der Waals surface area contributed by atoms with E-state index in [1.54, 1.807) is 43.6 Å². The fraction of sp³-hybridized carbons (Fsp3) is 0.214. The van der Waals surface area contributed by atoms with E-state index in [1.165, 1.54) is 0 Å². The van der Waals surface area contributed by atoms with Gasteiger partial charge in [-0.05, 0) is 31.2 Å². The van der Waals surface area contributed by atoms with E-state index in [2.05, 4.69) is 15.3 Å². The number of amides is 1. The minimum Gasteiger partial charge on any atom is -0.481 e. The van der Waals surface area contributed by atoms with Crippen LogP contribution in [-0.4, -0.2) is 22.0 Å². The predicted molar refractivity (Wildman–Crippen MR) is 71.7 cm³/mol. The van der Waals surface area contributed by atoms with E-state index in [0.29, 0.717) is 23.7 Å². The molecular weight excluding hydrogens is 256 g/mol. The second-order valence-electron chi connectivity index (χ2n) is 4.15. The fourth-order valence-electron chi connectivity index (χ4n) is 1.57. The highest BCUT2D eigenvalue weighted by Gasteiger charge is 2.14. The molecule has 1 unspecified atom stereocenters. The summed E-state index contributed by atoms with van der Waals surface area (Å²) in [5, 5.41) is 11.4. The number of rotatable bonds is 5. The molecule has 0 aliphatic carbocycles. The summed E-state index contributed by atoms with van der Waals surface area (Å²) in [7, 11) is 0. The summed E-state index contributed by atoms with van der Waals surface area (Å²) in [5.41, 5.74) is 0.548. The molecule has 20 heavy (non-hydrogen) atoms. The number of nitriles is 1. The first kappa shape index (κ1) is 13.6. The number of nitrogens with zero attached hydrogens (tertiary/aromatic N) is 2. The van der Waals surface area contributed by atoms with Crippen LogP contribution in [0.4, 0.5) is 0 Å². The van der Waals surface area contributed by atoms with Crippen molar-refractivity contribution in [1.82, 2.24) is 15.3 Å². The normalized spacial score (nSPS) is 11.4. The third-order valence-corrected chi connectivity index (χ3v) is 2.65. The Balaban J connectivity index is 1.85. The second kappa shape index (κ2) is 6.38. The lowest BCUT2D eigenvalue weighted by Gasteiger charge is -2.14. The second-order valence-corrected chi connectivity index (χ2v) is 4.15. The Morgan fingerprint density at radius 1 is 1.50 bits per heavy atom. The molecule has 0 aliphatic heterocycles. The molecule has 0 aliphatic rings. The zero-order chi connectivity index (χ0) is 14.4. The first-order valence-corrected chi connectivity index (χ1v) is 6.12. The Labute approximate surface area is 116 Å². The molecule has 6 nitrogen and oxygen atoms in total. The number of benzene rings is 1. The van der Waals surface area contributed by atoms with Crippen molar-refractivity contribution in [2.75, 3.05) is 0 Å². The van der Waals surface area contributed by atoms with Gasteiger partial charge in [-0.1, -0.05) is 0 Å². The van der Waals surface area contributed by atoms with Gasteiger partial charge in [-0.2, -0.15) is 5.26 Å². The molecule has 0 saturated heterocycles. The van der Waals surface area contributed by atoms with Gasteiger partial charge in [0, 0.05) is 12.4 Å². The van der Waals surface area contributed by atoms with Gasteiger partial charge in [0.1, 0.15) is 11.6 Å². The van der Waals surface area contributed by atoms with E-state index in [9.17, 15) is 4.79 Å². The molecule has 0 saturated carbocycles. The van der Waals surface area contributed by atoms with E-state index in [0.717, 1.165) is 0 Å². The molecule has 2 rings (SSSR count). The summed E-state index contributed by atoms with van der Waals surface area (Å²) in [6, 6.07) is 8.63. The minimum atomic E-state index is -0.627. The fourth-order valence-corrected chi connectivity index (χ4v) is 1.57. The first-order chi connectivity index (χ1) is 9.69. The summed E-state index contributed by atoms with van der Waals surface area (Å²) in [6.45, 7) is 1.99. The molecule has 0 bridgehead atoms. The lowest BCUT2D eigenvalue weighted by Crippen LogP contribution is -2.36. The number of hydrogen-bond acceptors (Lipinski definition) is 4. The van der Waals surface area contributed by atoms with Crippen LogP contribution in [0.15, 0.2) is 36.7 Å². The Bertz CT molecular complexity index is 599. The highest BCUT2D eigenvalue weighted by atomic mass is 16.5. The lowest BCUT2D eigenvalue weighted by molar-refractivity contribution is -0.127. The highest BCUT2D eigenvalue weighted by molar-refractivity contribution is 5.80. The van der Waals surface area contributed by atoms with E-state index >= 15 is 0 Å². The van der Waals surface area contributed by atoms with Crippen LogP contribution in [-0.2, 0) is 11.3 Å². The molecule has 2 N–H and O–H groups in total. The lowest BCUT2D eigenvalue weighted by atomic mass is 10.2. The first-order valence-electron chi connectivity index (χ1n) is 6.12. The molecule has 0 spiro atoms. The number of hydrogen-bond donors (Lipinski definition) is 2. The van der Waals surface area contributed by atoms with Crippen molar-refractivity contribution in [2.24, 2.45) is 0 Å². The zero-order valence-electron chi connectivity index (χ0n) is 11.0. The maximum Gasteiger partial charge on any atom is 0.261 e. The maximum absolute atomic E-state index is 11.8. The molecular formula is C14H14N4O2. The summed E-state index contributed by atoms with van der Waals surface area (Å²) >= 11 is 0. The van der Waals surface area contributed by atoms with Crippen LogP contribution in [0.2, 0.25) is 0 Å². The van der Waals surface area contributed by atoms with Gasteiger partial charge < -0.3 is 15.0 Å². The Morgan fingerprint density at radius 3 is 2.85 bits per heavy atom. The zero-order valence-corrected chi connectivity index (χ0v) is 11.0. The molecule has 0 radical (unpaired) electrons. The molecule has 102 valence electrons. The van der Waals surface area contributed by atoms with Crippen molar-refractivity contribution < 1.29 is 9.53 Å². The number of imidazole rings is 1. The van der Waals surface area contributed by atoms with Crippen molar-refractivity contribution in [2.45, 2.75) is 19.6 Å². The SMILES string of the molecule is CC(Oc1ccc(C#N)cc1)C(=O)NCc1ncc[nH]1. The molecule has 1 atom stereocenters. The molecule has 1 amide bonds. The average Bonchev–Trinajstić information content (AvgIpc) is 2.98. The molecule has 1 aromatic carbocycles. The summed E-state index contributed by atoms with van der Waals surface area (Å²) in [5.74, 6) is 0.999. The Kier molecular flexibility index (Phi) is 4.35. The van der Waals surface area contributed by atoms with Gasteiger partial charge in [-0.15, -0.1) is 0 Å². The number of H-pyrrole nitrogens is 1. The third kappa shape index (κ3) is 3.59. The van der Waals surface area contributed by atoms with Crippen LogP contribution in [0.3, 0.4) is 0 Å². The quantitative estimate of drug-likeness (QED) is 0.858. The van der Waals surface area contributed by atoms with Crippen LogP contribution in [0.25, 0.3) is 0 Å². The van der Waals surface area contributed by atoms with Gasteiger partial charge in [0.2, 0.25) is 0 Å². The number of aromatic amines is 1. The average molecular weight is 270 g/mol. The number of carbonyl (C=O) groups excluding carboxylic acids is 1. The molecule has 6 heteroatoms. The number of nitrogens with one attached hydrogen (secondary N) is 2. The van der Waals surface area contributed by atoms with Crippen LogP contribution < -0.4 is 10.1 Å². The summed E-state index contributed by atoms with van der Waals surface area (Å²) in [4.78, 5) is 18.7. The van der Waals surface area contributed by atoms with Gasteiger partial charge in [0.15, 0.2) is 6.10 Å². The van der Waals surface area contributed by atoms with Crippen LogP contribution >= 0.6 is 0 Å².